The Morgan fingerprint density at radius 1 is 1.11 bits per heavy atom. The SMILES string of the molecule is CC1(C)CC(=O)c2c(ncc3c2CCCC3=O)C1. The van der Waals surface area contributed by atoms with Gasteiger partial charge in [-0.1, -0.05) is 13.8 Å². The summed E-state index contributed by atoms with van der Waals surface area (Å²) < 4.78 is 0. The third-order valence-corrected chi connectivity index (χ3v) is 3.96. The van der Waals surface area contributed by atoms with Crippen LogP contribution in [0.5, 0.6) is 0 Å². The van der Waals surface area contributed by atoms with Crippen molar-refractivity contribution in [2.45, 2.75) is 46.0 Å². The van der Waals surface area contributed by atoms with E-state index in [1.54, 1.807) is 6.20 Å². The summed E-state index contributed by atoms with van der Waals surface area (Å²) in [6.07, 6.45) is 5.37. The highest BCUT2D eigenvalue weighted by atomic mass is 16.1. The van der Waals surface area contributed by atoms with Crippen LogP contribution in [0.3, 0.4) is 0 Å². The van der Waals surface area contributed by atoms with Gasteiger partial charge in [0.1, 0.15) is 0 Å². The summed E-state index contributed by atoms with van der Waals surface area (Å²) in [7, 11) is 0. The van der Waals surface area contributed by atoms with E-state index in [0.717, 1.165) is 36.1 Å². The molecule has 0 fully saturated rings. The zero-order valence-corrected chi connectivity index (χ0v) is 10.9. The van der Waals surface area contributed by atoms with Crippen molar-refractivity contribution < 1.29 is 9.59 Å². The van der Waals surface area contributed by atoms with Gasteiger partial charge in [-0.3, -0.25) is 14.6 Å². The van der Waals surface area contributed by atoms with Crippen molar-refractivity contribution in [2.75, 3.05) is 0 Å². The topological polar surface area (TPSA) is 47.0 Å². The molecular formula is C15H17NO2. The van der Waals surface area contributed by atoms with E-state index in [2.05, 4.69) is 18.8 Å². The van der Waals surface area contributed by atoms with Crippen LogP contribution >= 0.6 is 0 Å². The summed E-state index contributed by atoms with van der Waals surface area (Å²) in [6.45, 7) is 4.19. The highest BCUT2D eigenvalue weighted by Gasteiger charge is 2.35. The van der Waals surface area contributed by atoms with E-state index in [-0.39, 0.29) is 17.0 Å². The maximum absolute atomic E-state index is 12.3. The molecule has 0 bridgehead atoms. The van der Waals surface area contributed by atoms with Crippen molar-refractivity contribution in [1.29, 1.82) is 0 Å². The highest BCUT2D eigenvalue weighted by molar-refractivity contribution is 6.05. The lowest BCUT2D eigenvalue weighted by Gasteiger charge is -2.31. The molecule has 1 aromatic heterocycles. The lowest BCUT2D eigenvalue weighted by molar-refractivity contribution is 0.0908. The first-order valence-corrected chi connectivity index (χ1v) is 6.55. The maximum Gasteiger partial charge on any atom is 0.165 e. The molecule has 0 aliphatic heterocycles. The first-order chi connectivity index (χ1) is 8.48. The Kier molecular flexibility index (Phi) is 2.40. The minimum absolute atomic E-state index is 0.00992. The fourth-order valence-electron chi connectivity index (χ4n) is 3.16. The van der Waals surface area contributed by atoms with Gasteiger partial charge in [0.05, 0.1) is 5.69 Å². The van der Waals surface area contributed by atoms with Gasteiger partial charge in [-0.25, -0.2) is 0 Å². The van der Waals surface area contributed by atoms with Crippen LogP contribution in [0.4, 0.5) is 0 Å². The number of hydrogen-bond donors (Lipinski definition) is 0. The molecule has 0 unspecified atom stereocenters. The van der Waals surface area contributed by atoms with E-state index >= 15 is 0 Å². The summed E-state index contributed by atoms with van der Waals surface area (Å²) in [6, 6.07) is 0. The van der Waals surface area contributed by atoms with Gasteiger partial charge in [0.15, 0.2) is 11.6 Å². The first-order valence-electron chi connectivity index (χ1n) is 6.55. The average molecular weight is 243 g/mol. The van der Waals surface area contributed by atoms with E-state index in [4.69, 9.17) is 0 Å². The van der Waals surface area contributed by atoms with Gasteiger partial charge in [0, 0.05) is 30.2 Å². The van der Waals surface area contributed by atoms with E-state index in [1.807, 2.05) is 0 Å². The zero-order chi connectivity index (χ0) is 12.9. The Balaban J connectivity index is 2.19. The molecule has 1 heterocycles. The van der Waals surface area contributed by atoms with Crippen molar-refractivity contribution in [3.8, 4) is 0 Å². The molecule has 18 heavy (non-hydrogen) atoms. The lowest BCUT2D eigenvalue weighted by atomic mass is 9.73. The summed E-state index contributed by atoms with van der Waals surface area (Å²) in [4.78, 5) is 28.6. The van der Waals surface area contributed by atoms with Crippen LogP contribution in [-0.4, -0.2) is 16.6 Å². The molecule has 0 spiro atoms. The van der Waals surface area contributed by atoms with E-state index in [9.17, 15) is 9.59 Å². The Morgan fingerprint density at radius 3 is 2.67 bits per heavy atom. The van der Waals surface area contributed by atoms with Gasteiger partial charge in [0.25, 0.3) is 0 Å². The molecule has 3 rings (SSSR count). The maximum atomic E-state index is 12.3. The fourth-order valence-corrected chi connectivity index (χ4v) is 3.16. The van der Waals surface area contributed by atoms with Crippen LogP contribution < -0.4 is 0 Å². The summed E-state index contributed by atoms with van der Waals surface area (Å²) in [5, 5.41) is 0. The van der Waals surface area contributed by atoms with Gasteiger partial charge in [-0.05, 0) is 30.2 Å². The summed E-state index contributed by atoms with van der Waals surface area (Å²) in [5.74, 6) is 0.310. The van der Waals surface area contributed by atoms with Gasteiger partial charge >= 0.3 is 0 Å². The predicted molar refractivity (Wildman–Crippen MR) is 67.9 cm³/mol. The van der Waals surface area contributed by atoms with Gasteiger partial charge < -0.3 is 0 Å². The molecule has 1 aromatic rings. The minimum atomic E-state index is -0.00992. The molecule has 0 saturated heterocycles. The normalized spacial score (nSPS) is 21.4. The molecular weight excluding hydrogens is 226 g/mol. The van der Waals surface area contributed by atoms with Crippen LogP contribution in [0.1, 0.15) is 65.1 Å². The number of carbonyl (C=O) groups is 2. The Labute approximate surface area is 107 Å². The van der Waals surface area contributed by atoms with Crippen molar-refractivity contribution in [2.24, 2.45) is 5.41 Å². The fraction of sp³-hybridized carbons (Fsp3) is 0.533. The monoisotopic (exact) mass is 243 g/mol. The number of ketones is 2. The zero-order valence-electron chi connectivity index (χ0n) is 10.9. The van der Waals surface area contributed by atoms with E-state index in [0.29, 0.717) is 18.4 Å². The van der Waals surface area contributed by atoms with Gasteiger partial charge in [-0.15, -0.1) is 0 Å². The number of pyridine rings is 1. The predicted octanol–water partition coefficient (Wildman–Crippen LogP) is 2.76. The van der Waals surface area contributed by atoms with Crippen LogP contribution in [0.15, 0.2) is 6.20 Å². The molecule has 0 atom stereocenters. The molecule has 0 amide bonds. The second kappa shape index (κ2) is 3.74. The lowest BCUT2D eigenvalue weighted by Crippen LogP contribution is -2.30. The third-order valence-electron chi connectivity index (χ3n) is 3.96. The quantitative estimate of drug-likeness (QED) is 0.704. The van der Waals surface area contributed by atoms with Gasteiger partial charge in [0.2, 0.25) is 0 Å². The Bertz CT molecular complexity index is 558. The molecule has 0 saturated carbocycles. The van der Waals surface area contributed by atoms with Crippen molar-refractivity contribution >= 4 is 11.6 Å². The van der Waals surface area contributed by atoms with Gasteiger partial charge in [-0.2, -0.15) is 0 Å². The number of fused-ring (bicyclic) bond motifs is 3. The third kappa shape index (κ3) is 1.69. The van der Waals surface area contributed by atoms with Crippen LogP contribution in [0, 0.1) is 5.41 Å². The minimum Gasteiger partial charge on any atom is -0.294 e. The number of carbonyl (C=O) groups excluding carboxylic acids is 2. The smallest absolute Gasteiger partial charge is 0.165 e. The molecule has 0 N–H and O–H groups in total. The molecule has 2 aliphatic carbocycles. The molecule has 0 aromatic carbocycles. The Hall–Kier alpha value is -1.51. The highest BCUT2D eigenvalue weighted by Crippen LogP contribution is 2.37. The number of hydrogen-bond acceptors (Lipinski definition) is 3. The second-order valence-electron chi connectivity index (χ2n) is 6.19. The molecule has 3 nitrogen and oxygen atoms in total. The van der Waals surface area contributed by atoms with Crippen molar-refractivity contribution in [3.63, 3.8) is 0 Å². The largest absolute Gasteiger partial charge is 0.294 e. The first kappa shape index (κ1) is 11.6. The van der Waals surface area contributed by atoms with Crippen molar-refractivity contribution in [1.82, 2.24) is 4.98 Å². The number of aromatic nitrogens is 1. The standard InChI is InChI=1S/C15H17NO2/c1-15(2)6-11-14(13(18)7-15)9-4-3-5-12(17)10(9)8-16-11/h8H,3-7H2,1-2H3. The number of Topliss-reactive ketones (excluding diaryl/α,β-unsaturated/α-hetero) is 2. The van der Waals surface area contributed by atoms with Crippen LogP contribution in [-0.2, 0) is 12.8 Å². The van der Waals surface area contributed by atoms with E-state index in [1.165, 1.54) is 0 Å². The molecule has 2 aliphatic rings. The average Bonchev–Trinajstić information content (AvgIpc) is 2.26. The molecule has 3 heteroatoms. The second-order valence-corrected chi connectivity index (χ2v) is 6.19. The van der Waals surface area contributed by atoms with Crippen LogP contribution in [0.25, 0.3) is 0 Å². The summed E-state index contributed by atoms with van der Waals surface area (Å²) >= 11 is 0. The number of rotatable bonds is 0. The van der Waals surface area contributed by atoms with E-state index < -0.39 is 0 Å². The Morgan fingerprint density at radius 2 is 1.89 bits per heavy atom. The molecule has 94 valence electrons. The van der Waals surface area contributed by atoms with Crippen LogP contribution in [0.2, 0.25) is 0 Å². The molecule has 0 radical (unpaired) electrons. The number of nitrogens with zero attached hydrogens (tertiary/aromatic N) is 1. The van der Waals surface area contributed by atoms with Crippen molar-refractivity contribution in [3.05, 3.63) is 28.6 Å². The summed E-state index contributed by atoms with van der Waals surface area (Å²) in [5.41, 5.74) is 3.30.